The third-order valence-electron chi connectivity index (χ3n) is 4.73. The van der Waals surface area contributed by atoms with Crippen LogP contribution in [0.4, 0.5) is 5.13 Å². The van der Waals surface area contributed by atoms with Crippen molar-refractivity contribution < 1.29 is 37.3 Å². The van der Waals surface area contributed by atoms with Gasteiger partial charge in [0, 0.05) is 18.1 Å². The number of oxime groups is 1. The SMILES string of the molecule is CC(C)(O/N=C(\C(=O)NC1C(=O)N(S(=O)(=O)O)C1Cn1cc(CN)nn1)c1csc(N)n1)C(=O)O. The maximum absolute atomic E-state index is 13.0. The first-order valence-electron chi connectivity index (χ1n) is 9.66. The third kappa shape index (κ3) is 5.53. The van der Waals surface area contributed by atoms with Gasteiger partial charge in [0.15, 0.2) is 10.8 Å². The molecule has 1 saturated heterocycles. The number of carboxylic acid groups (broad SMARTS) is 1. The van der Waals surface area contributed by atoms with Crippen molar-refractivity contribution in [3.05, 3.63) is 23.0 Å². The van der Waals surface area contributed by atoms with E-state index in [1.54, 1.807) is 0 Å². The van der Waals surface area contributed by atoms with E-state index in [2.05, 4.69) is 25.8 Å². The molecule has 0 radical (unpaired) electrons. The fourth-order valence-electron chi connectivity index (χ4n) is 2.86. The van der Waals surface area contributed by atoms with E-state index in [1.165, 1.54) is 30.1 Å². The zero-order chi connectivity index (χ0) is 26.1. The van der Waals surface area contributed by atoms with Gasteiger partial charge in [0.25, 0.3) is 11.8 Å². The molecule has 2 atom stereocenters. The standard InChI is InChI=1S/C16H21N9O8S2/c1-16(2,14(28)29)33-22-10(8-6-34-15(18)19-8)12(26)20-11-9(25(13(11)27)35(30,31)32)5-24-4-7(3-17)21-23-24/h4,6,9,11H,3,5,17H2,1-2H3,(H2,18,19)(H,20,26)(H,28,29)(H,30,31,32)/b22-10-. The number of nitrogen functional groups attached to an aromatic ring is 1. The summed E-state index contributed by atoms with van der Waals surface area (Å²) in [7, 11) is -4.96. The van der Waals surface area contributed by atoms with Gasteiger partial charge in [0.2, 0.25) is 5.60 Å². The number of amides is 2. The highest BCUT2D eigenvalue weighted by Gasteiger charge is 2.54. The summed E-state index contributed by atoms with van der Waals surface area (Å²) < 4.78 is 34.2. The first-order chi connectivity index (χ1) is 16.2. The Balaban J connectivity index is 1.89. The number of aliphatic carboxylic acids is 1. The molecule has 1 aliphatic heterocycles. The number of carbonyl (C=O) groups is 3. The van der Waals surface area contributed by atoms with Crippen LogP contribution in [-0.2, 0) is 42.6 Å². The Kier molecular flexibility index (Phi) is 7.06. The molecule has 2 aromatic rings. The van der Waals surface area contributed by atoms with Gasteiger partial charge in [-0.2, -0.15) is 8.42 Å². The number of rotatable bonds is 10. The minimum atomic E-state index is -4.96. The van der Waals surface area contributed by atoms with Crippen LogP contribution in [0.3, 0.4) is 0 Å². The van der Waals surface area contributed by atoms with Crippen LogP contribution in [-0.4, -0.2) is 83.5 Å². The smallest absolute Gasteiger partial charge is 0.362 e. The van der Waals surface area contributed by atoms with E-state index in [0.29, 0.717) is 5.69 Å². The van der Waals surface area contributed by atoms with Crippen molar-refractivity contribution in [2.75, 3.05) is 5.73 Å². The van der Waals surface area contributed by atoms with Crippen molar-refractivity contribution >= 4 is 50.3 Å². The molecule has 0 aliphatic carbocycles. The lowest BCUT2D eigenvalue weighted by molar-refractivity contribution is -0.161. The summed E-state index contributed by atoms with van der Waals surface area (Å²) in [6, 6.07) is -2.73. The molecule has 0 aromatic carbocycles. The summed E-state index contributed by atoms with van der Waals surface area (Å²) in [5, 5.41) is 24.1. The van der Waals surface area contributed by atoms with Crippen LogP contribution in [0.2, 0.25) is 0 Å². The zero-order valence-electron chi connectivity index (χ0n) is 18.2. The predicted molar refractivity (Wildman–Crippen MR) is 118 cm³/mol. The number of anilines is 1. The number of nitrogens with one attached hydrogen (secondary N) is 1. The number of nitrogens with zero attached hydrogens (tertiary/aromatic N) is 6. The maximum atomic E-state index is 13.0. The second kappa shape index (κ2) is 9.52. The molecule has 2 unspecified atom stereocenters. The third-order valence-corrected chi connectivity index (χ3v) is 6.36. The lowest BCUT2D eigenvalue weighted by Crippen LogP contribution is -2.73. The average Bonchev–Trinajstić information content (AvgIpc) is 3.39. The van der Waals surface area contributed by atoms with Crippen molar-refractivity contribution in [2.45, 2.75) is 44.6 Å². The molecule has 2 amide bonds. The van der Waals surface area contributed by atoms with Crippen LogP contribution >= 0.6 is 11.3 Å². The van der Waals surface area contributed by atoms with Crippen molar-refractivity contribution in [3.63, 3.8) is 0 Å². The van der Waals surface area contributed by atoms with E-state index >= 15 is 0 Å². The minimum absolute atomic E-state index is 0.0507. The monoisotopic (exact) mass is 531 g/mol. The Morgan fingerprint density at radius 2 is 2.09 bits per heavy atom. The van der Waals surface area contributed by atoms with Gasteiger partial charge >= 0.3 is 16.3 Å². The fraction of sp³-hybridized carbons (Fsp3) is 0.438. The largest absolute Gasteiger partial charge is 0.478 e. The molecule has 7 N–H and O–H groups in total. The normalized spacial score (nSPS) is 18.8. The van der Waals surface area contributed by atoms with Crippen molar-refractivity contribution in [1.82, 2.24) is 29.6 Å². The number of β-lactam (4-membered cyclic amide) rings is 1. The first kappa shape index (κ1) is 25.9. The van der Waals surface area contributed by atoms with Gasteiger partial charge in [-0.25, -0.2) is 14.1 Å². The van der Waals surface area contributed by atoms with Crippen LogP contribution in [0.25, 0.3) is 0 Å². The highest BCUT2D eigenvalue weighted by molar-refractivity contribution is 7.84. The van der Waals surface area contributed by atoms with Gasteiger partial charge in [-0.1, -0.05) is 10.4 Å². The second-order valence-electron chi connectivity index (χ2n) is 7.68. The molecular formula is C16H21N9O8S2. The van der Waals surface area contributed by atoms with Gasteiger partial charge in [0.05, 0.1) is 18.3 Å². The molecule has 19 heteroatoms. The Bertz CT molecular complexity index is 1290. The fourth-order valence-corrected chi connectivity index (χ4v) is 4.28. The summed E-state index contributed by atoms with van der Waals surface area (Å²) in [4.78, 5) is 45.7. The minimum Gasteiger partial charge on any atom is -0.478 e. The number of aromatic nitrogens is 4. The van der Waals surface area contributed by atoms with Crippen molar-refractivity contribution in [1.29, 1.82) is 0 Å². The molecular weight excluding hydrogens is 510 g/mol. The van der Waals surface area contributed by atoms with E-state index in [4.69, 9.17) is 16.3 Å². The second-order valence-corrected chi connectivity index (χ2v) is 9.86. The Morgan fingerprint density at radius 1 is 1.40 bits per heavy atom. The van der Waals surface area contributed by atoms with Crippen molar-refractivity contribution in [2.24, 2.45) is 10.9 Å². The Hall–Kier alpha value is -3.68. The molecule has 1 fully saturated rings. The van der Waals surface area contributed by atoms with Crippen LogP contribution in [0.5, 0.6) is 0 Å². The molecule has 35 heavy (non-hydrogen) atoms. The van der Waals surface area contributed by atoms with E-state index < -0.39 is 51.5 Å². The lowest BCUT2D eigenvalue weighted by atomic mass is 9.98. The molecule has 0 saturated carbocycles. The number of nitrogens with two attached hydrogens (primary N) is 2. The molecule has 1 aliphatic rings. The lowest BCUT2D eigenvalue weighted by Gasteiger charge is -2.43. The number of hydrogen-bond donors (Lipinski definition) is 5. The number of carbonyl (C=O) groups excluding carboxylic acids is 2. The van der Waals surface area contributed by atoms with Gasteiger partial charge in [-0.15, -0.1) is 16.4 Å². The van der Waals surface area contributed by atoms with Crippen LogP contribution in [0, 0.1) is 0 Å². The Labute approximate surface area is 201 Å². The topological polar surface area (TPSA) is 258 Å². The van der Waals surface area contributed by atoms with Gasteiger partial charge < -0.3 is 26.7 Å². The summed E-state index contributed by atoms with van der Waals surface area (Å²) in [6.45, 7) is 2.15. The average molecular weight is 532 g/mol. The van der Waals surface area contributed by atoms with Gasteiger partial charge in [-0.05, 0) is 13.8 Å². The van der Waals surface area contributed by atoms with E-state index in [9.17, 15) is 32.5 Å². The number of hydrogen-bond acceptors (Lipinski definition) is 13. The first-order valence-corrected chi connectivity index (χ1v) is 11.9. The van der Waals surface area contributed by atoms with Crippen LogP contribution in [0.15, 0.2) is 16.7 Å². The summed E-state index contributed by atoms with van der Waals surface area (Å²) in [5.74, 6) is -3.55. The molecule has 190 valence electrons. The van der Waals surface area contributed by atoms with E-state index in [1.807, 2.05) is 0 Å². The molecule has 17 nitrogen and oxygen atoms in total. The number of carboxylic acids is 1. The van der Waals surface area contributed by atoms with E-state index in [-0.39, 0.29) is 28.2 Å². The molecule has 0 bridgehead atoms. The summed E-state index contributed by atoms with van der Waals surface area (Å²) in [5.41, 5.74) is 9.03. The summed E-state index contributed by atoms with van der Waals surface area (Å²) in [6.07, 6.45) is 1.40. The molecule has 3 rings (SSSR count). The maximum Gasteiger partial charge on any atom is 0.362 e. The van der Waals surface area contributed by atoms with Gasteiger partial charge in [0.1, 0.15) is 11.7 Å². The van der Waals surface area contributed by atoms with Crippen LogP contribution in [0.1, 0.15) is 25.2 Å². The number of thiazole rings is 1. The van der Waals surface area contributed by atoms with Crippen molar-refractivity contribution in [3.8, 4) is 0 Å². The van der Waals surface area contributed by atoms with Gasteiger partial charge in [-0.3, -0.25) is 18.8 Å². The predicted octanol–water partition coefficient (Wildman–Crippen LogP) is -2.44. The highest BCUT2D eigenvalue weighted by atomic mass is 32.2. The zero-order valence-corrected chi connectivity index (χ0v) is 19.9. The molecule has 0 spiro atoms. The van der Waals surface area contributed by atoms with E-state index in [0.717, 1.165) is 11.3 Å². The van der Waals surface area contributed by atoms with Crippen LogP contribution < -0.4 is 16.8 Å². The molecule has 2 aromatic heterocycles. The highest BCUT2D eigenvalue weighted by Crippen LogP contribution is 2.25. The summed E-state index contributed by atoms with van der Waals surface area (Å²) >= 11 is 0.957. The quantitative estimate of drug-likeness (QED) is 0.0924. The Morgan fingerprint density at radius 3 is 2.60 bits per heavy atom. The molecule has 3 heterocycles.